The first-order chi connectivity index (χ1) is 8.88. The Morgan fingerprint density at radius 3 is 2.79 bits per heavy atom. The number of aryl methyl sites for hydroxylation is 1. The summed E-state index contributed by atoms with van der Waals surface area (Å²) >= 11 is 3.24. The second-order valence-electron chi connectivity index (χ2n) is 4.03. The van der Waals surface area contributed by atoms with Crippen LogP contribution in [-0.2, 0) is 23.6 Å². The zero-order valence-corrected chi connectivity index (χ0v) is 12.6. The van der Waals surface area contributed by atoms with Gasteiger partial charge in [-0.1, -0.05) is 15.9 Å². The highest BCUT2D eigenvalue weighted by Crippen LogP contribution is 2.22. The normalized spacial score (nSPS) is 11.7. The number of anilines is 1. The van der Waals surface area contributed by atoms with Crippen LogP contribution in [0.5, 0.6) is 0 Å². The number of halogens is 1. The van der Waals surface area contributed by atoms with Gasteiger partial charge in [0.15, 0.2) is 0 Å². The Hall–Kier alpha value is -1.38. The van der Waals surface area contributed by atoms with E-state index < -0.39 is 10.0 Å². The number of hydrogen-bond acceptors (Lipinski definition) is 4. The lowest BCUT2D eigenvalue weighted by molar-refractivity contribution is 0.581. The average Bonchev–Trinajstić information content (AvgIpc) is 2.72. The van der Waals surface area contributed by atoms with Gasteiger partial charge in [-0.3, -0.25) is 4.68 Å². The van der Waals surface area contributed by atoms with Crippen LogP contribution < -0.4 is 10.5 Å². The van der Waals surface area contributed by atoms with Crippen LogP contribution in [-0.4, -0.2) is 18.2 Å². The quantitative estimate of drug-likeness (QED) is 0.816. The number of sulfonamides is 1. The van der Waals surface area contributed by atoms with Crippen molar-refractivity contribution in [3.05, 3.63) is 40.6 Å². The third-order valence-corrected chi connectivity index (χ3v) is 4.45. The molecule has 102 valence electrons. The number of benzene rings is 1. The van der Waals surface area contributed by atoms with Gasteiger partial charge in [0.25, 0.3) is 0 Å². The van der Waals surface area contributed by atoms with E-state index in [0.717, 1.165) is 10.0 Å². The minimum absolute atomic E-state index is 0.0691. The van der Waals surface area contributed by atoms with E-state index in [0.29, 0.717) is 0 Å². The smallest absolute Gasteiger partial charge is 0.242 e. The number of rotatable bonds is 4. The molecule has 0 amide bonds. The van der Waals surface area contributed by atoms with Crippen LogP contribution in [0.15, 0.2) is 40.0 Å². The van der Waals surface area contributed by atoms with Crippen LogP contribution >= 0.6 is 15.9 Å². The topological polar surface area (TPSA) is 90.0 Å². The molecule has 0 spiro atoms. The van der Waals surface area contributed by atoms with Gasteiger partial charge in [0.05, 0.1) is 11.9 Å². The first-order valence-corrected chi connectivity index (χ1v) is 7.68. The van der Waals surface area contributed by atoms with Gasteiger partial charge in [0.2, 0.25) is 10.0 Å². The van der Waals surface area contributed by atoms with Crippen LogP contribution in [0.1, 0.15) is 5.56 Å². The molecule has 6 nitrogen and oxygen atoms in total. The SMILES string of the molecule is Cn1cc(CNS(=O)(=O)c2ccc(Br)cc2N)cn1. The van der Waals surface area contributed by atoms with Crippen molar-refractivity contribution in [1.29, 1.82) is 0 Å². The standard InChI is InChI=1S/C11H13BrN4O2S/c1-16-7-8(5-14-16)6-15-19(17,18)11-3-2-9(12)4-10(11)13/h2-5,7,15H,6,13H2,1H3. The fourth-order valence-electron chi connectivity index (χ4n) is 1.58. The molecule has 0 aliphatic carbocycles. The molecule has 1 aromatic heterocycles. The zero-order chi connectivity index (χ0) is 14.0. The fourth-order valence-corrected chi connectivity index (χ4v) is 3.09. The first-order valence-electron chi connectivity index (χ1n) is 5.41. The lowest BCUT2D eigenvalue weighted by Gasteiger charge is -2.08. The Bertz CT molecular complexity index is 696. The van der Waals surface area contributed by atoms with E-state index in [9.17, 15) is 8.42 Å². The number of nitrogens with one attached hydrogen (secondary N) is 1. The number of nitrogens with zero attached hydrogens (tertiary/aromatic N) is 2. The van der Waals surface area contributed by atoms with Crippen molar-refractivity contribution in [2.45, 2.75) is 11.4 Å². The monoisotopic (exact) mass is 344 g/mol. The molecule has 0 aliphatic rings. The maximum atomic E-state index is 12.1. The lowest BCUT2D eigenvalue weighted by Crippen LogP contribution is -2.24. The van der Waals surface area contributed by atoms with Crippen LogP contribution in [0.25, 0.3) is 0 Å². The Kier molecular flexibility index (Phi) is 3.93. The van der Waals surface area contributed by atoms with Gasteiger partial charge < -0.3 is 5.73 Å². The zero-order valence-electron chi connectivity index (χ0n) is 10.2. The Balaban J connectivity index is 2.18. The van der Waals surface area contributed by atoms with Crippen molar-refractivity contribution in [2.24, 2.45) is 7.05 Å². The molecule has 0 atom stereocenters. The molecule has 0 bridgehead atoms. The maximum Gasteiger partial charge on any atom is 0.242 e. The highest BCUT2D eigenvalue weighted by atomic mass is 79.9. The van der Waals surface area contributed by atoms with Gasteiger partial charge in [-0.2, -0.15) is 5.10 Å². The highest BCUT2D eigenvalue weighted by molar-refractivity contribution is 9.10. The molecule has 0 saturated carbocycles. The van der Waals surface area contributed by atoms with Crippen molar-refractivity contribution < 1.29 is 8.42 Å². The van der Waals surface area contributed by atoms with Gasteiger partial charge in [0, 0.05) is 29.8 Å². The van der Waals surface area contributed by atoms with Crippen molar-refractivity contribution in [2.75, 3.05) is 5.73 Å². The second kappa shape index (κ2) is 5.32. The molecule has 0 radical (unpaired) electrons. The largest absolute Gasteiger partial charge is 0.398 e. The van der Waals surface area contributed by atoms with E-state index in [1.165, 1.54) is 6.07 Å². The Labute approximate surface area is 119 Å². The maximum absolute atomic E-state index is 12.1. The van der Waals surface area contributed by atoms with Crippen molar-refractivity contribution in [3.63, 3.8) is 0 Å². The summed E-state index contributed by atoms with van der Waals surface area (Å²) in [6.07, 6.45) is 3.35. The molecule has 0 aliphatic heterocycles. The predicted octanol–water partition coefficient (Wildman–Crippen LogP) is 1.24. The molecule has 1 heterocycles. The van der Waals surface area contributed by atoms with Gasteiger partial charge in [-0.25, -0.2) is 13.1 Å². The molecular formula is C11H13BrN4O2S. The van der Waals surface area contributed by atoms with E-state index in [-0.39, 0.29) is 17.1 Å². The number of aromatic nitrogens is 2. The second-order valence-corrected chi connectivity index (χ2v) is 6.68. The molecular weight excluding hydrogens is 332 g/mol. The summed E-state index contributed by atoms with van der Waals surface area (Å²) in [5.41, 5.74) is 6.70. The third-order valence-electron chi connectivity index (χ3n) is 2.49. The van der Waals surface area contributed by atoms with E-state index in [2.05, 4.69) is 25.8 Å². The van der Waals surface area contributed by atoms with Gasteiger partial charge in [-0.15, -0.1) is 0 Å². The first kappa shape index (κ1) is 14.0. The number of nitrogens with two attached hydrogens (primary N) is 1. The predicted molar refractivity (Wildman–Crippen MR) is 75.8 cm³/mol. The summed E-state index contributed by atoms with van der Waals surface area (Å²) in [6, 6.07) is 4.65. The van der Waals surface area contributed by atoms with Gasteiger partial charge in [0.1, 0.15) is 4.90 Å². The summed E-state index contributed by atoms with van der Waals surface area (Å²) in [5, 5.41) is 3.97. The Morgan fingerprint density at radius 2 is 2.21 bits per heavy atom. The molecule has 3 N–H and O–H groups in total. The molecule has 0 unspecified atom stereocenters. The van der Waals surface area contributed by atoms with Crippen LogP contribution in [0.3, 0.4) is 0 Å². The minimum atomic E-state index is -3.63. The van der Waals surface area contributed by atoms with E-state index in [1.807, 2.05) is 0 Å². The van der Waals surface area contributed by atoms with Crippen LogP contribution in [0.2, 0.25) is 0 Å². The number of nitrogen functional groups attached to an aromatic ring is 1. The molecule has 2 rings (SSSR count). The van der Waals surface area contributed by atoms with E-state index >= 15 is 0 Å². The van der Waals surface area contributed by atoms with Crippen molar-refractivity contribution in [3.8, 4) is 0 Å². The molecule has 0 saturated heterocycles. The Morgan fingerprint density at radius 1 is 1.47 bits per heavy atom. The van der Waals surface area contributed by atoms with Crippen LogP contribution in [0, 0.1) is 0 Å². The minimum Gasteiger partial charge on any atom is -0.398 e. The summed E-state index contributed by atoms with van der Waals surface area (Å²) < 4.78 is 29.1. The summed E-state index contributed by atoms with van der Waals surface area (Å²) in [5.74, 6) is 0. The number of hydrogen-bond donors (Lipinski definition) is 2. The molecule has 19 heavy (non-hydrogen) atoms. The summed E-state index contributed by atoms with van der Waals surface area (Å²) in [4.78, 5) is 0.0691. The van der Waals surface area contributed by atoms with E-state index in [1.54, 1.807) is 36.3 Å². The molecule has 1 aromatic carbocycles. The van der Waals surface area contributed by atoms with Crippen LogP contribution in [0.4, 0.5) is 5.69 Å². The van der Waals surface area contributed by atoms with Gasteiger partial charge in [-0.05, 0) is 18.2 Å². The molecule has 2 aromatic rings. The third kappa shape index (κ3) is 3.34. The average molecular weight is 345 g/mol. The summed E-state index contributed by atoms with van der Waals surface area (Å²) in [7, 11) is -1.86. The molecule has 8 heteroatoms. The molecule has 0 fully saturated rings. The van der Waals surface area contributed by atoms with Crippen molar-refractivity contribution >= 4 is 31.6 Å². The van der Waals surface area contributed by atoms with E-state index in [4.69, 9.17) is 5.73 Å². The van der Waals surface area contributed by atoms with Crippen molar-refractivity contribution in [1.82, 2.24) is 14.5 Å². The van der Waals surface area contributed by atoms with Gasteiger partial charge >= 0.3 is 0 Å². The fraction of sp³-hybridized carbons (Fsp3) is 0.182. The lowest BCUT2D eigenvalue weighted by atomic mass is 10.3. The highest BCUT2D eigenvalue weighted by Gasteiger charge is 2.17. The summed E-state index contributed by atoms with van der Waals surface area (Å²) in [6.45, 7) is 0.172.